The fourth-order valence-corrected chi connectivity index (χ4v) is 2.16. The summed E-state index contributed by atoms with van der Waals surface area (Å²) in [4.78, 5) is 14.6. The van der Waals surface area contributed by atoms with E-state index in [-0.39, 0.29) is 5.56 Å². The predicted octanol–water partition coefficient (Wildman–Crippen LogP) is 2.35. The maximum absolute atomic E-state index is 11.9. The molecular formula is C15H20N2O2. The predicted molar refractivity (Wildman–Crippen MR) is 78.5 cm³/mol. The number of hydrogen-bond acceptors (Lipinski definition) is 3. The monoisotopic (exact) mass is 260 g/mol. The molecule has 1 aromatic carbocycles. The molecule has 1 unspecified atom stereocenters. The quantitative estimate of drug-likeness (QED) is 0.773. The second-order valence-electron chi connectivity index (χ2n) is 5.26. The summed E-state index contributed by atoms with van der Waals surface area (Å²) in [5, 5.41) is 14.5. The molecule has 1 heterocycles. The Balaban J connectivity index is 2.11. The summed E-state index contributed by atoms with van der Waals surface area (Å²) in [5.74, 6) is 1.10. The van der Waals surface area contributed by atoms with E-state index in [1.165, 1.54) is 0 Å². The summed E-state index contributed by atoms with van der Waals surface area (Å²) < 4.78 is 0. The van der Waals surface area contributed by atoms with Crippen LogP contribution in [0.4, 0.5) is 5.82 Å². The van der Waals surface area contributed by atoms with Crippen LogP contribution in [0.1, 0.15) is 20.3 Å². The van der Waals surface area contributed by atoms with Gasteiger partial charge in [-0.05, 0) is 29.9 Å². The lowest BCUT2D eigenvalue weighted by molar-refractivity contribution is 0.161. The Bertz CT molecular complexity index is 604. The van der Waals surface area contributed by atoms with Crippen molar-refractivity contribution in [2.75, 3.05) is 11.9 Å². The molecule has 0 aliphatic heterocycles. The van der Waals surface area contributed by atoms with Gasteiger partial charge >= 0.3 is 0 Å². The first-order valence-corrected chi connectivity index (χ1v) is 6.60. The molecule has 1 aromatic heterocycles. The Labute approximate surface area is 112 Å². The number of benzene rings is 1. The van der Waals surface area contributed by atoms with Gasteiger partial charge in [-0.1, -0.05) is 32.0 Å². The summed E-state index contributed by atoms with van der Waals surface area (Å²) in [6.45, 7) is 4.58. The number of aromatic amines is 1. The lowest BCUT2D eigenvalue weighted by Gasteiger charge is -2.14. The van der Waals surface area contributed by atoms with E-state index < -0.39 is 6.10 Å². The SMILES string of the molecule is CC(C)CC(O)CNc1cc2ccccc2c(=O)[nH]1. The van der Waals surface area contributed by atoms with Gasteiger partial charge in [0.15, 0.2) is 0 Å². The van der Waals surface area contributed by atoms with Gasteiger partial charge in [0, 0.05) is 11.9 Å². The number of nitrogens with one attached hydrogen (secondary N) is 2. The average molecular weight is 260 g/mol. The van der Waals surface area contributed by atoms with Crippen LogP contribution in [0.3, 0.4) is 0 Å². The first kappa shape index (κ1) is 13.6. The zero-order valence-electron chi connectivity index (χ0n) is 11.3. The van der Waals surface area contributed by atoms with Crippen LogP contribution >= 0.6 is 0 Å². The van der Waals surface area contributed by atoms with E-state index in [0.717, 1.165) is 11.8 Å². The fraction of sp³-hybridized carbons (Fsp3) is 0.400. The molecule has 3 N–H and O–H groups in total. The Morgan fingerprint density at radius 3 is 2.79 bits per heavy atom. The van der Waals surface area contributed by atoms with Crippen molar-refractivity contribution in [3.05, 3.63) is 40.7 Å². The van der Waals surface area contributed by atoms with Gasteiger partial charge in [-0.3, -0.25) is 4.79 Å². The minimum Gasteiger partial charge on any atom is -0.391 e. The molecule has 0 saturated heterocycles. The zero-order valence-corrected chi connectivity index (χ0v) is 11.3. The lowest BCUT2D eigenvalue weighted by Crippen LogP contribution is -2.22. The van der Waals surface area contributed by atoms with Crippen molar-refractivity contribution < 1.29 is 5.11 Å². The molecule has 2 aromatic rings. The van der Waals surface area contributed by atoms with Gasteiger partial charge in [0.25, 0.3) is 5.56 Å². The summed E-state index contributed by atoms with van der Waals surface area (Å²) in [5.41, 5.74) is -0.112. The molecule has 0 bridgehead atoms. The van der Waals surface area contributed by atoms with Crippen LogP contribution in [0, 0.1) is 5.92 Å². The second-order valence-corrected chi connectivity index (χ2v) is 5.26. The third-order valence-corrected chi connectivity index (χ3v) is 3.03. The third-order valence-electron chi connectivity index (χ3n) is 3.03. The normalized spacial score (nSPS) is 12.8. The van der Waals surface area contributed by atoms with E-state index >= 15 is 0 Å². The van der Waals surface area contributed by atoms with Crippen LogP contribution in [-0.4, -0.2) is 22.7 Å². The average Bonchev–Trinajstić information content (AvgIpc) is 2.36. The number of fused-ring (bicyclic) bond motifs is 1. The molecule has 0 radical (unpaired) electrons. The molecule has 0 saturated carbocycles. The number of aromatic nitrogens is 1. The standard InChI is InChI=1S/C15H20N2O2/c1-10(2)7-12(18)9-16-14-8-11-5-3-4-6-13(11)15(19)17-14/h3-6,8,10,12,18H,7,9H2,1-2H3,(H2,16,17,19). The van der Waals surface area contributed by atoms with Gasteiger partial charge in [-0.25, -0.2) is 0 Å². The van der Waals surface area contributed by atoms with Crippen molar-refractivity contribution >= 4 is 16.6 Å². The topological polar surface area (TPSA) is 65.1 Å². The summed E-state index contributed by atoms with van der Waals surface area (Å²) in [6.07, 6.45) is 0.333. The minimum atomic E-state index is -0.407. The van der Waals surface area contributed by atoms with Gasteiger partial charge in [-0.15, -0.1) is 0 Å². The zero-order chi connectivity index (χ0) is 13.8. The van der Waals surface area contributed by atoms with Crippen LogP contribution in [0.2, 0.25) is 0 Å². The molecule has 1 atom stereocenters. The molecule has 0 aliphatic carbocycles. The van der Waals surface area contributed by atoms with E-state index in [1.807, 2.05) is 24.3 Å². The van der Waals surface area contributed by atoms with Crippen molar-refractivity contribution in [1.82, 2.24) is 4.98 Å². The molecule has 19 heavy (non-hydrogen) atoms. The van der Waals surface area contributed by atoms with E-state index in [0.29, 0.717) is 23.7 Å². The van der Waals surface area contributed by atoms with Crippen molar-refractivity contribution in [2.45, 2.75) is 26.4 Å². The number of hydrogen-bond donors (Lipinski definition) is 3. The van der Waals surface area contributed by atoms with Gasteiger partial charge in [-0.2, -0.15) is 0 Å². The third kappa shape index (κ3) is 3.58. The number of rotatable bonds is 5. The second kappa shape index (κ2) is 5.89. The van der Waals surface area contributed by atoms with E-state index in [2.05, 4.69) is 24.1 Å². The largest absolute Gasteiger partial charge is 0.391 e. The van der Waals surface area contributed by atoms with E-state index in [4.69, 9.17) is 0 Å². The van der Waals surface area contributed by atoms with Crippen LogP contribution in [-0.2, 0) is 0 Å². The number of H-pyrrole nitrogens is 1. The number of anilines is 1. The molecule has 102 valence electrons. The van der Waals surface area contributed by atoms with Gasteiger partial charge in [0.05, 0.1) is 6.10 Å². The van der Waals surface area contributed by atoms with Crippen molar-refractivity contribution in [3.63, 3.8) is 0 Å². The highest BCUT2D eigenvalue weighted by Gasteiger charge is 2.07. The first-order valence-electron chi connectivity index (χ1n) is 6.60. The molecule has 0 amide bonds. The highest BCUT2D eigenvalue weighted by atomic mass is 16.3. The summed E-state index contributed by atoms with van der Waals surface area (Å²) in [7, 11) is 0. The summed E-state index contributed by atoms with van der Waals surface area (Å²) >= 11 is 0. The molecule has 0 fully saturated rings. The Kier molecular flexibility index (Phi) is 4.22. The maximum Gasteiger partial charge on any atom is 0.257 e. The van der Waals surface area contributed by atoms with Crippen LogP contribution < -0.4 is 10.9 Å². The molecular weight excluding hydrogens is 240 g/mol. The number of aliphatic hydroxyl groups excluding tert-OH is 1. The van der Waals surface area contributed by atoms with Crippen LogP contribution in [0.25, 0.3) is 10.8 Å². The van der Waals surface area contributed by atoms with E-state index in [1.54, 1.807) is 6.07 Å². The number of pyridine rings is 1. The lowest BCUT2D eigenvalue weighted by atomic mass is 10.1. The highest BCUT2D eigenvalue weighted by molar-refractivity contribution is 5.83. The first-order chi connectivity index (χ1) is 9.06. The van der Waals surface area contributed by atoms with Crippen molar-refractivity contribution in [2.24, 2.45) is 5.92 Å². The smallest absolute Gasteiger partial charge is 0.257 e. The Morgan fingerprint density at radius 1 is 1.32 bits per heavy atom. The molecule has 0 aliphatic rings. The van der Waals surface area contributed by atoms with Crippen LogP contribution in [0.15, 0.2) is 35.1 Å². The van der Waals surface area contributed by atoms with Crippen molar-refractivity contribution in [1.29, 1.82) is 0 Å². The van der Waals surface area contributed by atoms with Gasteiger partial charge < -0.3 is 15.4 Å². The maximum atomic E-state index is 11.9. The number of aliphatic hydroxyl groups is 1. The Morgan fingerprint density at radius 2 is 2.05 bits per heavy atom. The van der Waals surface area contributed by atoms with Crippen LogP contribution in [0.5, 0.6) is 0 Å². The van der Waals surface area contributed by atoms with E-state index in [9.17, 15) is 9.90 Å². The fourth-order valence-electron chi connectivity index (χ4n) is 2.16. The van der Waals surface area contributed by atoms with Gasteiger partial charge in [0.1, 0.15) is 5.82 Å². The highest BCUT2D eigenvalue weighted by Crippen LogP contribution is 2.13. The summed E-state index contributed by atoms with van der Waals surface area (Å²) in [6, 6.07) is 9.33. The minimum absolute atomic E-state index is 0.112. The Hall–Kier alpha value is -1.81. The molecule has 4 heteroatoms. The molecule has 0 spiro atoms. The van der Waals surface area contributed by atoms with Gasteiger partial charge in [0.2, 0.25) is 0 Å². The molecule has 2 rings (SSSR count). The molecule has 4 nitrogen and oxygen atoms in total. The van der Waals surface area contributed by atoms with Crippen molar-refractivity contribution in [3.8, 4) is 0 Å².